The van der Waals surface area contributed by atoms with E-state index in [1.807, 2.05) is 0 Å². The van der Waals surface area contributed by atoms with Crippen molar-refractivity contribution in [3.63, 3.8) is 0 Å². The molecule has 0 aliphatic carbocycles. The Labute approximate surface area is 115 Å². The first-order valence-electron chi connectivity index (χ1n) is 5.32. The molecule has 110 valence electrons. The van der Waals surface area contributed by atoms with Crippen LogP contribution in [-0.2, 0) is 6.18 Å². The van der Waals surface area contributed by atoms with E-state index in [1.54, 1.807) is 13.8 Å². The highest BCUT2D eigenvalue weighted by atomic mass is 35.5. The van der Waals surface area contributed by atoms with Gasteiger partial charge in [0.25, 0.3) is 0 Å². The van der Waals surface area contributed by atoms with Crippen LogP contribution in [0.4, 0.5) is 17.6 Å². The van der Waals surface area contributed by atoms with Crippen LogP contribution in [0.5, 0.6) is 0 Å². The Morgan fingerprint density at radius 3 is 2.21 bits per heavy atom. The smallest absolute Gasteiger partial charge is 0.396 e. The highest BCUT2D eigenvalue weighted by Gasteiger charge is 2.34. The van der Waals surface area contributed by atoms with E-state index in [0.29, 0.717) is 12.1 Å². The van der Waals surface area contributed by atoms with Crippen molar-refractivity contribution < 1.29 is 22.7 Å². The lowest BCUT2D eigenvalue weighted by Gasteiger charge is -2.30. The summed E-state index contributed by atoms with van der Waals surface area (Å²) in [5.74, 6) is -0.808. The maximum atomic E-state index is 13.5. The van der Waals surface area contributed by atoms with Gasteiger partial charge in [-0.2, -0.15) is 13.2 Å². The summed E-state index contributed by atoms with van der Waals surface area (Å²) >= 11 is 0. The number of hydrogen-bond acceptors (Lipinski definition) is 2. The summed E-state index contributed by atoms with van der Waals surface area (Å²) in [5.41, 5.74) is 3.62. The van der Waals surface area contributed by atoms with Gasteiger partial charge in [0.2, 0.25) is 0 Å². The maximum absolute atomic E-state index is 13.5. The molecule has 1 atom stereocenters. The van der Waals surface area contributed by atoms with Crippen LogP contribution in [0.2, 0.25) is 0 Å². The lowest BCUT2D eigenvalue weighted by Crippen LogP contribution is -2.33. The fourth-order valence-corrected chi connectivity index (χ4v) is 1.48. The summed E-state index contributed by atoms with van der Waals surface area (Å²) in [6.07, 6.45) is -4.55. The van der Waals surface area contributed by atoms with Gasteiger partial charge in [-0.05, 0) is 18.2 Å². The zero-order valence-corrected chi connectivity index (χ0v) is 11.3. The van der Waals surface area contributed by atoms with E-state index < -0.39 is 29.0 Å². The average molecular weight is 302 g/mol. The van der Waals surface area contributed by atoms with E-state index in [0.717, 1.165) is 6.07 Å². The standard InChI is InChI=1S/C12H15F4NO.ClH/c1-11(2,6-18)10(17)8-5-7(12(14,15)16)3-4-9(8)13;/h3-5,10,18H,6,17H2,1-2H3;1H/t10-;/m1./s1. The first kappa shape index (κ1) is 18.1. The molecule has 1 rings (SSSR count). The van der Waals surface area contributed by atoms with Crippen molar-refractivity contribution in [2.24, 2.45) is 11.1 Å². The molecule has 2 nitrogen and oxygen atoms in total. The van der Waals surface area contributed by atoms with Crippen molar-refractivity contribution in [1.29, 1.82) is 0 Å². The van der Waals surface area contributed by atoms with Crippen LogP contribution in [0, 0.1) is 11.2 Å². The Bertz CT molecular complexity index is 434. The molecule has 0 saturated carbocycles. The quantitative estimate of drug-likeness (QED) is 0.842. The summed E-state index contributed by atoms with van der Waals surface area (Å²) < 4.78 is 51.1. The molecule has 7 heteroatoms. The van der Waals surface area contributed by atoms with Gasteiger partial charge in [-0.3, -0.25) is 0 Å². The first-order valence-corrected chi connectivity index (χ1v) is 5.32. The van der Waals surface area contributed by atoms with Gasteiger partial charge in [-0.15, -0.1) is 12.4 Å². The number of halogens is 5. The van der Waals surface area contributed by atoms with Crippen LogP contribution < -0.4 is 5.73 Å². The number of hydrogen-bond donors (Lipinski definition) is 2. The van der Waals surface area contributed by atoms with Gasteiger partial charge in [-0.1, -0.05) is 13.8 Å². The molecule has 0 unspecified atom stereocenters. The minimum absolute atomic E-state index is 0. The van der Waals surface area contributed by atoms with Gasteiger partial charge in [0.05, 0.1) is 5.56 Å². The van der Waals surface area contributed by atoms with Gasteiger partial charge >= 0.3 is 6.18 Å². The summed E-state index contributed by atoms with van der Waals surface area (Å²) in [6, 6.07) is 1.07. The molecule has 1 aromatic carbocycles. The average Bonchev–Trinajstić information content (AvgIpc) is 2.27. The maximum Gasteiger partial charge on any atom is 0.416 e. The van der Waals surface area contributed by atoms with Crippen molar-refractivity contribution in [3.8, 4) is 0 Å². The Balaban J connectivity index is 0.00000324. The van der Waals surface area contributed by atoms with E-state index in [-0.39, 0.29) is 24.6 Å². The molecule has 0 fully saturated rings. The first-order chi connectivity index (χ1) is 8.09. The van der Waals surface area contributed by atoms with Gasteiger partial charge in [0, 0.05) is 23.6 Å². The zero-order chi connectivity index (χ0) is 14.1. The fourth-order valence-electron chi connectivity index (χ4n) is 1.48. The van der Waals surface area contributed by atoms with E-state index in [4.69, 9.17) is 10.8 Å². The van der Waals surface area contributed by atoms with Crippen molar-refractivity contribution >= 4 is 12.4 Å². The zero-order valence-electron chi connectivity index (χ0n) is 10.5. The van der Waals surface area contributed by atoms with E-state index >= 15 is 0 Å². The molecule has 0 amide bonds. The Morgan fingerprint density at radius 2 is 1.79 bits per heavy atom. The number of nitrogens with two attached hydrogens (primary N) is 1. The summed E-state index contributed by atoms with van der Waals surface area (Å²) in [6.45, 7) is 2.75. The second kappa shape index (κ2) is 6.07. The molecule has 0 saturated heterocycles. The lowest BCUT2D eigenvalue weighted by atomic mass is 9.81. The van der Waals surface area contributed by atoms with Crippen molar-refractivity contribution in [3.05, 3.63) is 35.1 Å². The van der Waals surface area contributed by atoms with Crippen LogP contribution in [0.25, 0.3) is 0 Å². The van der Waals surface area contributed by atoms with Crippen LogP contribution in [0.1, 0.15) is 31.0 Å². The van der Waals surface area contributed by atoms with Gasteiger partial charge < -0.3 is 10.8 Å². The second-order valence-corrected chi connectivity index (χ2v) is 4.86. The summed E-state index contributed by atoms with van der Waals surface area (Å²) in [4.78, 5) is 0. The third-order valence-corrected chi connectivity index (χ3v) is 2.91. The molecule has 0 aliphatic rings. The SMILES string of the molecule is CC(C)(CO)[C@H](N)c1cc(C(F)(F)F)ccc1F.Cl. The molecule has 0 heterocycles. The molecule has 1 aromatic rings. The van der Waals surface area contributed by atoms with Crippen LogP contribution in [0.3, 0.4) is 0 Å². The molecule has 19 heavy (non-hydrogen) atoms. The van der Waals surface area contributed by atoms with Gasteiger partial charge in [0.15, 0.2) is 0 Å². The number of rotatable bonds is 3. The predicted molar refractivity (Wildman–Crippen MR) is 66.4 cm³/mol. The number of alkyl halides is 3. The number of benzene rings is 1. The number of aliphatic hydroxyl groups excluding tert-OH is 1. The second-order valence-electron chi connectivity index (χ2n) is 4.86. The molecule has 0 spiro atoms. The predicted octanol–water partition coefficient (Wildman–Crippen LogP) is 3.28. The molecule has 0 aliphatic heterocycles. The van der Waals surface area contributed by atoms with Crippen molar-refractivity contribution in [1.82, 2.24) is 0 Å². The fraction of sp³-hybridized carbons (Fsp3) is 0.500. The third-order valence-electron chi connectivity index (χ3n) is 2.91. The van der Waals surface area contributed by atoms with E-state index in [2.05, 4.69) is 0 Å². The van der Waals surface area contributed by atoms with Gasteiger partial charge in [0.1, 0.15) is 5.82 Å². The molecule has 0 bridgehead atoms. The topological polar surface area (TPSA) is 46.2 Å². The Morgan fingerprint density at radius 1 is 1.26 bits per heavy atom. The lowest BCUT2D eigenvalue weighted by molar-refractivity contribution is -0.137. The molecule has 0 radical (unpaired) electrons. The van der Waals surface area contributed by atoms with E-state index in [1.165, 1.54) is 0 Å². The summed E-state index contributed by atoms with van der Waals surface area (Å²) in [5, 5.41) is 9.12. The molecule has 3 N–H and O–H groups in total. The molecular formula is C12H16ClF4NO. The molecule has 0 aromatic heterocycles. The highest BCUT2D eigenvalue weighted by molar-refractivity contribution is 5.85. The van der Waals surface area contributed by atoms with Crippen molar-refractivity contribution in [2.75, 3.05) is 6.61 Å². The highest BCUT2D eigenvalue weighted by Crippen LogP contribution is 2.36. The third kappa shape index (κ3) is 4.06. The summed E-state index contributed by atoms with van der Waals surface area (Å²) in [7, 11) is 0. The normalized spacial score (nSPS) is 13.9. The molecular weight excluding hydrogens is 286 g/mol. The van der Waals surface area contributed by atoms with E-state index in [9.17, 15) is 17.6 Å². The van der Waals surface area contributed by atoms with Crippen LogP contribution >= 0.6 is 12.4 Å². The van der Waals surface area contributed by atoms with Crippen molar-refractivity contribution in [2.45, 2.75) is 26.1 Å². The monoisotopic (exact) mass is 301 g/mol. The Hall–Kier alpha value is -0.850. The van der Waals surface area contributed by atoms with Crippen LogP contribution in [-0.4, -0.2) is 11.7 Å². The van der Waals surface area contributed by atoms with Gasteiger partial charge in [-0.25, -0.2) is 4.39 Å². The number of aliphatic hydroxyl groups is 1. The Kier molecular flexibility index (Phi) is 5.80. The minimum atomic E-state index is -4.55. The van der Waals surface area contributed by atoms with Crippen LogP contribution in [0.15, 0.2) is 18.2 Å². The minimum Gasteiger partial charge on any atom is -0.396 e. The largest absolute Gasteiger partial charge is 0.416 e.